The van der Waals surface area contributed by atoms with E-state index in [0.717, 1.165) is 24.1 Å². The molecule has 0 aliphatic rings. The molecule has 0 aliphatic heterocycles. The van der Waals surface area contributed by atoms with E-state index in [1.807, 2.05) is 12.1 Å². The van der Waals surface area contributed by atoms with E-state index in [2.05, 4.69) is 24.2 Å². The van der Waals surface area contributed by atoms with Gasteiger partial charge in [-0.25, -0.2) is 0 Å². The summed E-state index contributed by atoms with van der Waals surface area (Å²) in [7, 11) is 0. The van der Waals surface area contributed by atoms with Crippen molar-refractivity contribution in [2.75, 3.05) is 0 Å². The lowest BCUT2D eigenvalue weighted by Gasteiger charge is -1.99. The van der Waals surface area contributed by atoms with Crippen molar-refractivity contribution in [2.24, 2.45) is 0 Å². The van der Waals surface area contributed by atoms with Crippen molar-refractivity contribution in [1.82, 2.24) is 5.16 Å². The summed E-state index contributed by atoms with van der Waals surface area (Å²) in [5.41, 5.74) is 3.12. The molecule has 2 aromatic rings. The average molecular weight is 217 g/mol. The predicted octanol–water partition coefficient (Wildman–Crippen LogP) is 2.79. The second kappa shape index (κ2) is 4.94. The van der Waals surface area contributed by atoms with E-state index in [0.29, 0.717) is 5.76 Å². The molecule has 1 aromatic carbocycles. The van der Waals surface area contributed by atoms with Gasteiger partial charge in [0.05, 0.1) is 0 Å². The van der Waals surface area contributed by atoms with Gasteiger partial charge in [-0.2, -0.15) is 0 Å². The van der Waals surface area contributed by atoms with Gasteiger partial charge < -0.3 is 9.63 Å². The molecule has 0 saturated heterocycles. The van der Waals surface area contributed by atoms with Crippen LogP contribution in [0.15, 0.2) is 34.9 Å². The Balaban J connectivity index is 2.20. The third-order valence-electron chi connectivity index (χ3n) is 2.50. The summed E-state index contributed by atoms with van der Waals surface area (Å²) in [5, 5.41) is 12.8. The van der Waals surface area contributed by atoms with E-state index in [-0.39, 0.29) is 6.61 Å². The molecular formula is C13H15NO2. The fourth-order valence-electron chi connectivity index (χ4n) is 1.65. The normalized spacial score (nSPS) is 10.6. The number of aryl methyl sites for hydroxylation is 1. The Morgan fingerprint density at radius 1 is 1.25 bits per heavy atom. The lowest BCUT2D eigenvalue weighted by atomic mass is 10.1. The summed E-state index contributed by atoms with van der Waals surface area (Å²) in [6, 6.07) is 10.0. The molecule has 0 atom stereocenters. The van der Waals surface area contributed by atoms with Gasteiger partial charge in [0, 0.05) is 11.6 Å². The van der Waals surface area contributed by atoms with Gasteiger partial charge in [-0.1, -0.05) is 42.8 Å². The number of aliphatic hydroxyl groups excluding tert-OH is 1. The molecule has 2 rings (SSSR count). The lowest BCUT2D eigenvalue weighted by molar-refractivity contribution is 0.229. The van der Waals surface area contributed by atoms with Crippen molar-refractivity contribution in [3.8, 4) is 11.3 Å². The van der Waals surface area contributed by atoms with Crippen molar-refractivity contribution in [3.63, 3.8) is 0 Å². The van der Waals surface area contributed by atoms with Crippen LogP contribution >= 0.6 is 0 Å². The highest BCUT2D eigenvalue weighted by molar-refractivity contribution is 5.59. The third kappa shape index (κ3) is 2.31. The molecule has 3 nitrogen and oxygen atoms in total. The van der Waals surface area contributed by atoms with Crippen LogP contribution in [0.2, 0.25) is 0 Å². The Labute approximate surface area is 94.7 Å². The van der Waals surface area contributed by atoms with Gasteiger partial charge in [0.2, 0.25) is 0 Å². The third-order valence-corrected chi connectivity index (χ3v) is 2.50. The van der Waals surface area contributed by atoms with E-state index in [1.165, 1.54) is 5.56 Å². The van der Waals surface area contributed by atoms with Crippen molar-refractivity contribution >= 4 is 0 Å². The van der Waals surface area contributed by atoms with Gasteiger partial charge in [0.25, 0.3) is 0 Å². The standard InChI is InChI=1S/C13H15NO2/c1-2-3-10-4-6-11(7-5-10)13-8-12(9-15)16-14-13/h4-8,15H,2-3,9H2,1H3. The largest absolute Gasteiger partial charge is 0.388 e. The smallest absolute Gasteiger partial charge is 0.162 e. The van der Waals surface area contributed by atoms with E-state index >= 15 is 0 Å². The Bertz CT molecular complexity index is 445. The van der Waals surface area contributed by atoms with Gasteiger partial charge in [-0.05, 0) is 12.0 Å². The molecule has 0 aliphatic carbocycles. The Hall–Kier alpha value is -1.61. The van der Waals surface area contributed by atoms with Crippen molar-refractivity contribution < 1.29 is 9.63 Å². The summed E-state index contributed by atoms with van der Waals surface area (Å²) in [4.78, 5) is 0. The van der Waals surface area contributed by atoms with Crippen molar-refractivity contribution in [2.45, 2.75) is 26.4 Å². The first kappa shape index (κ1) is 10.9. The molecule has 1 aromatic heterocycles. The monoisotopic (exact) mass is 217 g/mol. The molecule has 1 heterocycles. The zero-order valence-corrected chi connectivity index (χ0v) is 9.31. The molecule has 0 unspecified atom stereocenters. The first-order valence-electron chi connectivity index (χ1n) is 5.49. The van der Waals surface area contributed by atoms with E-state index in [1.54, 1.807) is 6.07 Å². The molecule has 0 radical (unpaired) electrons. The Morgan fingerprint density at radius 3 is 2.56 bits per heavy atom. The lowest BCUT2D eigenvalue weighted by Crippen LogP contribution is -1.83. The van der Waals surface area contributed by atoms with Gasteiger partial charge in [0.15, 0.2) is 5.76 Å². The van der Waals surface area contributed by atoms with Crippen LogP contribution in [0.5, 0.6) is 0 Å². The SMILES string of the molecule is CCCc1ccc(-c2cc(CO)on2)cc1. The van der Waals surface area contributed by atoms with Gasteiger partial charge in [-0.15, -0.1) is 0 Å². The Morgan fingerprint density at radius 2 is 2.00 bits per heavy atom. The number of aliphatic hydroxyl groups is 1. The zero-order chi connectivity index (χ0) is 11.4. The molecule has 1 N–H and O–H groups in total. The first-order chi connectivity index (χ1) is 7.83. The van der Waals surface area contributed by atoms with Crippen LogP contribution in [0, 0.1) is 0 Å². The average Bonchev–Trinajstić information content (AvgIpc) is 2.79. The zero-order valence-electron chi connectivity index (χ0n) is 9.31. The molecular weight excluding hydrogens is 202 g/mol. The minimum Gasteiger partial charge on any atom is -0.388 e. The van der Waals surface area contributed by atoms with E-state index in [4.69, 9.17) is 9.63 Å². The van der Waals surface area contributed by atoms with Crippen LogP contribution in [0.1, 0.15) is 24.7 Å². The minimum atomic E-state index is -0.110. The van der Waals surface area contributed by atoms with Crippen molar-refractivity contribution in [3.05, 3.63) is 41.7 Å². The number of hydrogen-bond acceptors (Lipinski definition) is 3. The maximum Gasteiger partial charge on any atom is 0.162 e. The van der Waals surface area contributed by atoms with Gasteiger partial charge in [-0.3, -0.25) is 0 Å². The molecule has 0 spiro atoms. The molecule has 3 heteroatoms. The van der Waals surface area contributed by atoms with Crippen LogP contribution in [0.25, 0.3) is 11.3 Å². The number of hydrogen-bond donors (Lipinski definition) is 1. The second-order valence-electron chi connectivity index (χ2n) is 3.78. The molecule has 0 bridgehead atoms. The maximum absolute atomic E-state index is 8.88. The first-order valence-corrected chi connectivity index (χ1v) is 5.49. The topological polar surface area (TPSA) is 46.3 Å². The molecule has 0 saturated carbocycles. The molecule has 0 amide bonds. The fraction of sp³-hybridized carbons (Fsp3) is 0.308. The van der Waals surface area contributed by atoms with E-state index < -0.39 is 0 Å². The predicted molar refractivity (Wildman–Crippen MR) is 61.9 cm³/mol. The van der Waals surface area contributed by atoms with Crippen LogP contribution in [-0.4, -0.2) is 10.3 Å². The summed E-state index contributed by atoms with van der Waals surface area (Å²) in [6.45, 7) is 2.06. The maximum atomic E-state index is 8.88. The highest BCUT2D eigenvalue weighted by Crippen LogP contribution is 2.20. The van der Waals surface area contributed by atoms with Gasteiger partial charge >= 0.3 is 0 Å². The number of benzene rings is 1. The summed E-state index contributed by atoms with van der Waals surface area (Å²) < 4.78 is 4.95. The van der Waals surface area contributed by atoms with Gasteiger partial charge in [0.1, 0.15) is 12.3 Å². The van der Waals surface area contributed by atoms with Crippen molar-refractivity contribution in [1.29, 1.82) is 0 Å². The number of nitrogens with zero attached hydrogens (tertiary/aromatic N) is 1. The molecule has 16 heavy (non-hydrogen) atoms. The molecule has 0 fully saturated rings. The summed E-state index contributed by atoms with van der Waals surface area (Å²) >= 11 is 0. The highest BCUT2D eigenvalue weighted by Gasteiger charge is 2.05. The second-order valence-corrected chi connectivity index (χ2v) is 3.78. The van der Waals surface area contributed by atoms with Crippen LogP contribution in [0.3, 0.4) is 0 Å². The quantitative estimate of drug-likeness (QED) is 0.856. The number of aromatic nitrogens is 1. The number of rotatable bonds is 4. The summed E-state index contributed by atoms with van der Waals surface area (Å²) in [5.74, 6) is 0.493. The fourth-order valence-corrected chi connectivity index (χ4v) is 1.65. The minimum absolute atomic E-state index is 0.110. The molecule has 84 valence electrons. The van der Waals surface area contributed by atoms with Crippen LogP contribution < -0.4 is 0 Å². The summed E-state index contributed by atoms with van der Waals surface area (Å²) in [6.07, 6.45) is 2.25. The highest BCUT2D eigenvalue weighted by atomic mass is 16.5. The van der Waals surface area contributed by atoms with Crippen LogP contribution in [-0.2, 0) is 13.0 Å². The van der Waals surface area contributed by atoms with E-state index in [9.17, 15) is 0 Å². The van der Waals surface area contributed by atoms with Crippen LogP contribution in [0.4, 0.5) is 0 Å². The Kier molecular flexibility index (Phi) is 3.37.